The van der Waals surface area contributed by atoms with E-state index in [0.717, 1.165) is 24.2 Å². The summed E-state index contributed by atoms with van der Waals surface area (Å²) in [6.07, 6.45) is 2.03. The molecule has 1 aliphatic carbocycles. The summed E-state index contributed by atoms with van der Waals surface area (Å²) in [5.74, 6) is -3.14. The zero-order chi connectivity index (χ0) is 27.9. The van der Waals surface area contributed by atoms with Crippen molar-refractivity contribution in [3.63, 3.8) is 0 Å². The third-order valence-corrected chi connectivity index (χ3v) is 9.96. The number of anilines is 2. The Hall–Kier alpha value is -3.05. The molecule has 0 radical (unpaired) electrons. The molecular formula is C28H23Cl2FN4O4S. The van der Waals surface area contributed by atoms with Crippen LogP contribution in [0.4, 0.5) is 15.2 Å². The number of fused-ring (bicyclic) bond motifs is 3. The van der Waals surface area contributed by atoms with Crippen LogP contribution in [0, 0.1) is 17.7 Å². The molecule has 0 bridgehead atoms. The molecule has 206 valence electrons. The summed E-state index contributed by atoms with van der Waals surface area (Å²) >= 11 is 13.7. The molecule has 1 N–H and O–H groups in total. The minimum atomic E-state index is -1.34. The molecule has 8 nitrogen and oxygen atoms in total. The summed E-state index contributed by atoms with van der Waals surface area (Å²) in [5.41, 5.74) is 0.200. The average Bonchev–Trinajstić information content (AvgIpc) is 3.27. The zero-order valence-electron chi connectivity index (χ0n) is 21.2. The molecular weight excluding hydrogens is 578 g/mol. The van der Waals surface area contributed by atoms with Crippen molar-refractivity contribution in [2.75, 3.05) is 30.4 Å². The van der Waals surface area contributed by atoms with Crippen LogP contribution in [0.15, 0.2) is 41.8 Å². The lowest BCUT2D eigenvalue weighted by Crippen LogP contribution is -2.54. The van der Waals surface area contributed by atoms with E-state index >= 15 is 4.39 Å². The van der Waals surface area contributed by atoms with Crippen LogP contribution in [0.25, 0.3) is 0 Å². The van der Waals surface area contributed by atoms with Crippen molar-refractivity contribution in [1.82, 2.24) is 9.88 Å². The Morgan fingerprint density at radius 2 is 2.05 bits per heavy atom. The molecule has 4 atom stereocenters. The summed E-state index contributed by atoms with van der Waals surface area (Å²) in [7, 11) is 1.27. The number of likely N-dealkylation sites (tertiary alicyclic amines) is 1. The maximum Gasteiger partial charge on any atom is 0.357 e. The van der Waals surface area contributed by atoms with Crippen LogP contribution in [0.1, 0.15) is 40.4 Å². The predicted octanol–water partition coefficient (Wildman–Crippen LogP) is 5.06. The molecule has 1 spiro atoms. The van der Waals surface area contributed by atoms with Crippen LogP contribution in [0.3, 0.4) is 0 Å². The second kappa shape index (κ2) is 9.24. The molecule has 40 heavy (non-hydrogen) atoms. The monoisotopic (exact) mass is 600 g/mol. The highest BCUT2D eigenvalue weighted by Gasteiger charge is 2.71. The van der Waals surface area contributed by atoms with E-state index < -0.39 is 35.2 Å². The van der Waals surface area contributed by atoms with E-state index in [4.69, 9.17) is 27.9 Å². The number of amides is 2. The molecule has 0 unspecified atom stereocenters. The van der Waals surface area contributed by atoms with E-state index in [9.17, 15) is 14.4 Å². The highest BCUT2D eigenvalue weighted by molar-refractivity contribution is 7.14. The molecule has 2 saturated heterocycles. The standard InChI is InChI=1S/C28H23Cl2FN4O4S/c1-39-25(37)19-12-40-27(33-19)34-11-20-21(24(34)36)22(15-3-2-4-17(30)23(15)31)28(35(20)10-13-5-6-13)16-8-7-14(29)9-18(16)32-26(28)38/h2-4,7-9,12-13,20-22H,5-6,10-11H2,1H3,(H,32,38)/t20-,21+,22-,28+/m0/s1. The van der Waals surface area contributed by atoms with Crippen LogP contribution >= 0.6 is 34.5 Å². The molecule has 7 rings (SSSR count). The van der Waals surface area contributed by atoms with Crippen molar-refractivity contribution in [1.29, 1.82) is 0 Å². The number of nitrogens with zero attached hydrogens (tertiary/aromatic N) is 3. The van der Waals surface area contributed by atoms with Crippen molar-refractivity contribution in [3.8, 4) is 0 Å². The zero-order valence-corrected chi connectivity index (χ0v) is 23.5. The fraction of sp³-hybridized carbons (Fsp3) is 0.357. The van der Waals surface area contributed by atoms with Crippen molar-refractivity contribution >= 4 is 63.1 Å². The molecule has 2 amide bonds. The number of hydrogen-bond donors (Lipinski definition) is 1. The van der Waals surface area contributed by atoms with Crippen molar-refractivity contribution < 1.29 is 23.5 Å². The van der Waals surface area contributed by atoms with Gasteiger partial charge in [-0.15, -0.1) is 11.3 Å². The number of rotatable bonds is 5. The number of carbonyl (C=O) groups is 3. The number of ether oxygens (including phenoxy) is 1. The molecule has 1 saturated carbocycles. The third kappa shape index (κ3) is 3.59. The Balaban J connectivity index is 1.43. The maximum atomic E-state index is 15.9. The summed E-state index contributed by atoms with van der Waals surface area (Å²) in [4.78, 5) is 48.6. The van der Waals surface area contributed by atoms with Gasteiger partial charge < -0.3 is 10.1 Å². The Kier molecular flexibility index (Phi) is 5.98. The third-order valence-electron chi connectivity index (χ3n) is 8.57. The van der Waals surface area contributed by atoms with Crippen LogP contribution in [0.2, 0.25) is 10.0 Å². The number of thiazole rings is 1. The summed E-state index contributed by atoms with van der Waals surface area (Å²) in [6.45, 7) is 0.808. The topological polar surface area (TPSA) is 91.8 Å². The van der Waals surface area contributed by atoms with Gasteiger partial charge >= 0.3 is 5.97 Å². The van der Waals surface area contributed by atoms with Gasteiger partial charge in [-0.1, -0.05) is 41.4 Å². The number of aromatic nitrogens is 1. The first-order valence-electron chi connectivity index (χ1n) is 12.9. The van der Waals surface area contributed by atoms with Gasteiger partial charge in [-0.05, 0) is 42.5 Å². The van der Waals surface area contributed by atoms with E-state index in [0.29, 0.717) is 33.9 Å². The number of methoxy groups -OCH3 is 1. The SMILES string of the molecule is COC(=O)c1csc(N2C[C@H]3[C@@H](C2=O)[C@H](c2cccc(Cl)c2F)[C@]2(C(=O)Nc4cc(Cl)ccc42)N3CC2CC2)n1. The van der Waals surface area contributed by atoms with Crippen molar-refractivity contribution in [2.45, 2.75) is 30.3 Å². The maximum absolute atomic E-state index is 15.9. The minimum Gasteiger partial charge on any atom is -0.464 e. The van der Waals surface area contributed by atoms with Crippen LogP contribution in [0.5, 0.6) is 0 Å². The Labute approximate surface area is 243 Å². The molecule has 4 aliphatic rings. The van der Waals surface area contributed by atoms with Gasteiger partial charge in [0.15, 0.2) is 10.8 Å². The van der Waals surface area contributed by atoms with Gasteiger partial charge in [0.05, 0.1) is 18.1 Å². The van der Waals surface area contributed by atoms with Crippen LogP contribution < -0.4 is 10.2 Å². The number of hydrogen-bond acceptors (Lipinski definition) is 7. The van der Waals surface area contributed by atoms with Gasteiger partial charge in [-0.3, -0.25) is 19.4 Å². The Bertz CT molecular complexity index is 1600. The first-order chi connectivity index (χ1) is 19.2. The first kappa shape index (κ1) is 25.9. The smallest absolute Gasteiger partial charge is 0.357 e. The number of esters is 1. The fourth-order valence-electron chi connectivity index (χ4n) is 6.77. The normalized spacial score (nSPS) is 27.3. The number of halogens is 3. The molecule has 3 aliphatic heterocycles. The number of nitrogens with one attached hydrogen (secondary N) is 1. The van der Waals surface area contributed by atoms with E-state index in [1.54, 1.807) is 40.6 Å². The van der Waals surface area contributed by atoms with E-state index in [2.05, 4.69) is 15.2 Å². The van der Waals surface area contributed by atoms with Crippen LogP contribution in [-0.4, -0.2) is 53.9 Å². The second-order valence-corrected chi connectivity index (χ2v) is 12.4. The van der Waals surface area contributed by atoms with Gasteiger partial charge in [0.2, 0.25) is 11.8 Å². The van der Waals surface area contributed by atoms with Gasteiger partial charge in [0, 0.05) is 46.7 Å². The number of benzene rings is 2. The lowest BCUT2D eigenvalue weighted by atomic mass is 9.71. The summed E-state index contributed by atoms with van der Waals surface area (Å²) < 4.78 is 20.7. The highest BCUT2D eigenvalue weighted by Crippen LogP contribution is 2.62. The average molecular weight is 601 g/mol. The van der Waals surface area contributed by atoms with Crippen LogP contribution in [-0.2, 0) is 19.9 Å². The molecule has 1 aromatic heterocycles. The first-order valence-corrected chi connectivity index (χ1v) is 14.6. The molecule has 4 heterocycles. The molecule has 3 fully saturated rings. The molecule has 3 aromatic rings. The fourth-order valence-corrected chi connectivity index (χ4v) is 7.94. The number of carbonyl (C=O) groups excluding carboxylic acids is 3. The van der Waals surface area contributed by atoms with Crippen molar-refractivity contribution in [2.24, 2.45) is 11.8 Å². The summed E-state index contributed by atoms with van der Waals surface area (Å²) in [6, 6.07) is 9.50. The molecule has 2 aromatic carbocycles. The highest BCUT2D eigenvalue weighted by atomic mass is 35.5. The van der Waals surface area contributed by atoms with E-state index in [-0.39, 0.29) is 34.6 Å². The van der Waals surface area contributed by atoms with E-state index in [1.807, 2.05) is 0 Å². The Morgan fingerprint density at radius 3 is 2.80 bits per heavy atom. The lowest BCUT2D eigenvalue weighted by Gasteiger charge is -2.41. The van der Waals surface area contributed by atoms with E-state index in [1.165, 1.54) is 13.2 Å². The Morgan fingerprint density at radius 1 is 1.25 bits per heavy atom. The predicted molar refractivity (Wildman–Crippen MR) is 148 cm³/mol. The minimum absolute atomic E-state index is 0.0791. The quantitative estimate of drug-likeness (QED) is 0.411. The lowest BCUT2D eigenvalue weighted by molar-refractivity contribution is -0.128. The largest absolute Gasteiger partial charge is 0.464 e. The summed E-state index contributed by atoms with van der Waals surface area (Å²) in [5, 5.41) is 5.27. The molecule has 12 heteroatoms. The van der Waals surface area contributed by atoms with Gasteiger partial charge in [0.1, 0.15) is 11.4 Å². The van der Waals surface area contributed by atoms with Gasteiger partial charge in [-0.25, -0.2) is 14.2 Å². The second-order valence-electron chi connectivity index (χ2n) is 10.7. The van der Waals surface area contributed by atoms with Gasteiger partial charge in [0.25, 0.3) is 0 Å². The van der Waals surface area contributed by atoms with Crippen molar-refractivity contribution in [3.05, 3.63) is 74.5 Å². The van der Waals surface area contributed by atoms with Gasteiger partial charge in [-0.2, -0.15) is 0 Å².